The number of nitrogens with zero attached hydrogens (tertiary/aromatic N) is 2. The van der Waals surface area contributed by atoms with Gasteiger partial charge in [-0.2, -0.15) is 4.39 Å². The lowest BCUT2D eigenvalue weighted by Gasteiger charge is -1.85. The molecule has 1 aromatic rings. The molecule has 0 fully saturated rings. The van der Waals surface area contributed by atoms with Crippen LogP contribution in [0.25, 0.3) is 6.20 Å². The largest absolute Gasteiger partial charge is 0.293 e. The van der Waals surface area contributed by atoms with E-state index in [9.17, 15) is 4.39 Å². The molecule has 1 aromatic heterocycles. The van der Waals surface area contributed by atoms with Gasteiger partial charge >= 0.3 is 0 Å². The molecule has 2 nitrogen and oxygen atoms in total. The molecule has 0 bridgehead atoms. The molecule has 3 heteroatoms. The van der Waals surface area contributed by atoms with E-state index in [1.54, 1.807) is 0 Å². The van der Waals surface area contributed by atoms with E-state index in [-0.39, 0.29) is 0 Å². The van der Waals surface area contributed by atoms with E-state index in [2.05, 4.69) is 17.3 Å². The van der Waals surface area contributed by atoms with E-state index in [4.69, 9.17) is 0 Å². The average Bonchev–Trinajstić information content (AvgIpc) is 2.18. The minimum atomic E-state index is -0.550. The van der Waals surface area contributed by atoms with E-state index in [0.29, 0.717) is 0 Å². The van der Waals surface area contributed by atoms with Crippen LogP contribution in [-0.2, 0) is 0 Å². The Kier molecular flexibility index (Phi) is 1.47. The Labute approximate surface area is 52.0 Å². The second kappa shape index (κ2) is 2.29. The predicted octanol–water partition coefficient (Wildman–Crippen LogP) is 1.28. The van der Waals surface area contributed by atoms with Crippen molar-refractivity contribution in [2.24, 2.45) is 0 Å². The van der Waals surface area contributed by atoms with Crippen LogP contribution in [0.1, 0.15) is 0 Å². The third-order valence-corrected chi connectivity index (χ3v) is 0.852. The molecule has 0 radical (unpaired) electrons. The Balaban J connectivity index is 3.07. The first-order valence-corrected chi connectivity index (χ1v) is 2.39. The molecule has 0 aromatic carbocycles. The van der Waals surface area contributed by atoms with Gasteiger partial charge in [0, 0.05) is 12.4 Å². The van der Waals surface area contributed by atoms with E-state index in [0.717, 1.165) is 0 Å². The highest BCUT2D eigenvalue weighted by molar-refractivity contribution is 5.18. The van der Waals surface area contributed by atoms with Crippen molar-refractivity contribution in [3.63, 3.8) is 0 Å². The summed E-state index contributed by atoms with van der Waals surface area (Å²) in [5, 5.41) is 0. The summed E-state index contributed by atoms with van der Waals surface area (Å²) in [6.45, 7) is 3.28. The van der Waals surface area contributed by atoms with Crippen LogP contribution in [0.2, 0.25) is 0 Å². The number of rotatable bonds is 1. The molecule has 0 N–H and O–H groups in total. The molecule has 0 atom stereocenters. The highest BCUT2D eigenvalue weighted by Gasteiger charge is 1.92. The second-order valence-corrected chi connectivity index (χ2v) is 1.44. The average molecular weight is 124 g/mol. The van der Waals surface area contributed by atoms with Crippen molar-refractivity contribution in [1.82, 2.24) is 9.55 Å². The lowest BCUT2D eigenvalue weighted by Crippen LogP contribution is -1.86. The molecular weight excluding hydrogens is 119 g/mol. The summed E-state index contributed by atoms with van der Waals surface area (Å²) in [6.07, 6.45) is 3.66. The van der Waals surface area contributed by atoms with Crippen LogP contribution in [0.3, 0.4) is 0 Å². The zero-order valence-corrected chi connectivity index (χ0v) is 4.71. The van der Waals surface area contributed by atoms with Gasteiger partial charge in [0.25, 0.3) is 6.08 Å². The summed E-state index contributed by atoms with van der Waals surface area (Å²) in [7, 11) is 0. The lowest BCUT2D eigenvalue weighted by molar-refractivity contribution is 0.530. The third kappa shape index (κ3) is 1.06. The molecule has 0 aliphatic heterocycles. The third-order valence-electron chi connectivity index (χ3n) is 0.852. The standard InChI is InChI=1S/C6H5FN2/c1-2-4-9-5-3-8-6(9)7/h3-5H,1H2. The molecule has 0 aliphatic carbocycles. The molecule has 1 rings (SSSR count). The van der Waals surface area contributed by atoms with Crippen LogP contribution in [-0.4, -0.2) is 9.55 Å². The van der Waals surface area contributed by atoms with Crippen molar-refractivity contribution < 1.29 is 4.39 Å². The van der Waals surface area contributed by atoms with Crippen molar-refractivity contribution in [1.29, 1.82) is 0 Å². The molecule has 0 saturated heterocycles. The molecule has 9 heavy (non-hydrogen) atoms. The smallest absolute Gasteiger partial charge is 0.276 e. The Hall–Kier alpha value is -1.34. The zero-order chi connectivity index (χ0) is 6.69. The van der Waals surface area contributed by atoms with Crippen LogP contribution in [0.5, 0.6) is 0 Å². The Morgan fingerprint density at radius 2 is 2.67 bits per heavy atom. The first-order chi connectivity index (χ1) is 4.34. The highest BCUT2D eigenvalue weighted by Crippen LogP contribution is 1.92. The van der Waals surface area contributed by atoms with Crippen LogP contribution in [0, 0.1) is 6.08 Å². The summed E-state index contributed by atoms with van der Waals surface area (Å²) >= 11 is 0. The Bertz CT molecular complexity index is 245. The maximum Gasteiger partial charge on any atom is 0.293 e. The van der Waals surface area contributed by atoms with Gasteiger partial charge in [-0.15, -0.1) is 5.73 Å². The van der Waals surface area contributed by atoms with Gasteiger partial charge in [-0.3, -0.25) is 4.57 Å². The van der Waals surface area contributed by atoms with Gasteiger partial charge in [0.1, 0.15) is 0 Å². The first kappa shape index (κ1) is 5.79. The number of imidazole rings is 1. The number of aromatic nitrogens is 2. The maximum absolute atomic E-state index is 12.3. The van der Waals surface area contributed by atoms with Gasteiger partial charge in [0.15, 0.2) is 0 Å². The van der Waals surface area contributed by atoms with Crippen molar-refractivity contribution in [2.45, 2.75) is 0 Å². The Morgan fingerprint density at radius 1 is 1.89 bits per heavy atom. The number of hydrogen-bond acceptors (Lipinski definition) is 1. The van der Waals surface area contributed by atoms with Gasteiger partial charge in [-0.25, -0.2) is 4.98 Å². The molecular formula is C6H5FN2. The summed E-state index contributed by atoms with van der Waals surface area (Å²) in [5.41, 5.74) is 2.42. The fraction of sp³-hybridized carbons (Fsp3) is 0. The molecule has 0 saturated carbocycles. The summed E-state index contributed by atoms with van der Waals surface area (Å²) in [5.74, 6) is 0. The maximum atomic E-state index is 12.3. The second-order valence-electron chi connectivity index (χ2n) is 1.44. The minimum Gasteiger partial charge on any atom is -0.276 e. The molecule has 1 heterocycles. The van der Waals surface area contributed by atoms with Crippen LogP contribution in [0.4, 0.5) is 4.39 Å². The summed E-state index contributed by atoms with van der Waals surface area (Å²) in [6, 6.07) is 0. The number of hydrogen-bond donors (Lipinski definition) is 0. The molecule has 46 valence electrons. The SMILES string of the molecule is C=C=Cn1ccnc1F. The van der Waals surface area contributed by atoms with Crippen LogP contribution in [0.15, 0.2) is 24.7 Å². The fourth-order valence-electron chi connectivity index (χ4n) is 0.489. The molecule has 0 spiro atoms. The normalized spacial score (nSPS) is 8.56. The highest BCUT2D eigenvalue weighted by atomic mass is 19.1. The van der Waals surface area contributed by atoms with Crippen LogP contribution < -0.4 is 0 Å². The van der Waals surface area contributed by atoms with Crippen molar-refractivity contribution in [2.75, 3.05) is 0 Å². The monoisotopic (exact) mass is 124 g/mol. The topological polar surface area (TPSA) is 17.8 Å². The van der Waals surface area contributed by atoms with Gasteiger partial charge < -0.3 is 0 Å². The van der Waals surface area contributed by atoms with Gasteiger partial charge in [0.2, 0.25) is 0 Å². The molecule has 0 aliphatic rings. The molecule has 0 unspecified atom stereocenters. The number of halogens is 1. The van der Waals surface area contributed by atoms with E-state index in [1.165, 1.54) is 23.2 Å². The van der Waals surface area contributed by atoms with E-state index >= 15 is 0 Å². The van der Waals surface area contributed by atoms with E-state index in [1.807, 2.05) is 0 Å². The lowest BCUT2D eigenvalue weighted by atomic mass is 10.8. The molecule has 0 amide bonds. The van der Waals surface area contributed by atoms with E-state index < -0.39 is 6.08 Å². The predicted molar refractivity (Wildman–Crippen MR) is 32.1 cm³/mol. The van der Waals surface area contributed by atoms with Crippen molar-refractivity contribution >= 4 is 6.20 Å². The van der Waals surface area contributed by atoms with Gasteiger partial charge in [0.05, 0.1) is 6.20 Å². The van der Waals surface area contributed by atoms with Crippen molar-refractivity contribution in [3.8, 4) is 0 Å². The van der Waals surface area contributed by atoms with Gasteiger partial charge in [-0.1, -0.05) is 6.58 Å². The van der Waals surface area contributed by atoms with Crippen LogP contribution >= 0.6 is 0 Å². The minimum absolute atomic E-state index is 0.550. The summed E-state index contributed by atoms with van der Waals surface area (Å²) in [4.78, 5) is 3.33. The first-order valence-electron chi connectivity index (χ1n) is 2.39. The summed E-state index contributed by atoms with van der Waals surface area (Å²) < 4.78 is 13.5. The van der Waals surface area contributed by atoms with Crippen molar-refractivity contribution in [3.05, 3.63) is 30.8 Å². The quantitative estimate of drug-likeness (QED) is 0.515. The fourth-order valence-corrected chi connectivity index (χ4v) is 0.489. The van der Waals surface area contributed by atoms with Gasteiger partial charge in [-0.05, 0) is 0 Å². The zero-order valence-electron chi connectivity index (χ0n) is 4.71. The Morgan fingerprint density at radius 3 is 3.11 bits per heavy atom.